The molecule has 1 heterocycles. The SMILES string of the molecule is O=C1N(CC(F)F)C(c2ccc(F)c(F)c2)NC12CC2. The number of halogens is 4. The lowest BCUT2D eigenvalue weighted by atomic mass is 10.1. The highest BCUT2D eigenvalue weighted by atomic mass is 19.3. The lowest BCUT2D eigenvalue weighted by molar-refractivity contribution is -0.132. The summed E-state index contributed by atoms with van der Waals surface area (Å²) in [5.74, 6) is -2.47. The van der Waals surface area contributed by atoms with Crippen LogP contribution in [-0.2, 0) is 4.79 Å². The minimum atomic E-state index is -2.68. The Kier molecular flexibility index (Phi) is 2.97. The first-order chi connectivity index (χ1) is 9.43. The first-order valence-electron chi connectivity index (χ1n) is 6.25. The summed E-state index contributed by atoms with van der Waals surface area (Å²) in [6.45, 7) is -0.725. The average molecular weight is 288 g/mol. The molecule has 108 valence electrons. The van der Waals surface area contributed by atoms with Gasteiger partial charge in [0, 0.05) is 0 Å². The number of amides is 1. The van der Waals surface area contributed by atoms with Gasteiger partial charge in [-0.15, -0.1) is 0 Å². The van der Waals surface area contributed by atoms with Gasteiger partial charge in [-0.2, -0.15) is 0 Å². The van der Waals surface area contributed by atoms with E-state index in [1.54, 1.807) is 0 Å². The molecule has 0 aromatic heterocycles. The summed E-state index contributed by atoms with van der Waals surface area (Å²) in [5.41, 5.74) is -0.522. The third kappa shape index (κ3) is 2.06. The fourth-order valence-electron chi connectivity index (χ4n) is 2.56. The van der Waals surface area contributed by atoms with Crippen molar-refractivity contribution in [2.75, 3.05) is 6.54 Å². The Labute approximate surface area is 112 Å². The molecule has 7 heteroatoms. The van der Waals surface area contributed by atoms with E-state index in [0.717, 1.165) is 17.0 Å². The van der Waals surface area contributed by atoms with Crippen LogP contribution in [0.3, 0.4) is 0 Å². The Morgan fingerprint density at radius 2 is 2.00 bits per heavy atom. The summed E-state index contributed by atoms with van der Waals surface area (Å²) >= 11 is 0. The van der Waals surface area contributed by atoms with Crippen LogP contribution in [0.2, 0.25) is 0 Å². The van der Waals surface area contributed by atoms with Gasteiger partial charge < -0.3 is 4.90 Å². The highest BCUT2D eigenvalue weighted by molar-refractivity contribution is 5.92. The van der Waals surface area contributed by atoms with E-state index in [0.29, 0.717) is 12.8 Å². The van der Waals surface area contributed by atoms with Crippen LogP contribution < -0.4 is 5.32 Å². The van der Waals surface area contributed by atoms with E-state index in [9.17, 15) is 22.4 Å². The lowest BCUT2D eigenvalue weighted by Crippen LogP contribution is -2.35. The monoisotopic (exact) mass is 288 g/mol. The van der Waals surface area contributed by atoms with Gasteiger partial charge in [-0.3, -0.25) is 10.1 Å². The molecule has 1 unspecified atom stereocenters. The highest BCUT2D eigenvalue weighted by Gasteiger charge is 2.59. The van der Waals surface area contributed by atoms with Gasteiger partial charge in [0.2, 0.25) is 5.91 Å². The quantitative estimate of drug-likeness (QED) is 0.865. The molecule has 1 amide bonds. The topological polar surface area (TPSA) is 32.3 Å². The van der Waals surface area contributed by atoms with E-state index in [1.807, 2.05) is 0 Å². The van der Waals surface area contributed by atoms with Gasteiger partial charge in [0.05, 0.1) is 6.54 Å². The van der Waals surface area contributed by atoms with Crippen molar-refractivity contribution < 1.29 is 22.4 Å². The maximum atomic E-state index is 13.3. The van der Waals surface area contributed by atoms with Gasteiger partial charge in [-0.05, 0) is 30.5 Å². The van der Waals surface area contributed by atoms with Crippen molar-refractivity contribution in [2.24, 2.45) is 0 Å². The van der Waals surface area contributed by atoms with Crippen molar-refractivity contribution in [2.45, 2.75) is 31.0 Å². The number of nitrogens with one attached hydrogen (secondary N) is 1. The Hall–Kier alpha value is -1.63. The largest absolute Gasteiger partial charge is 0.316 e. The van der Waals surface area contributed by atoms with Crippen LogP contribution in [0, 0.1) is 11.6 Å². The van der Waals surface area contributed by atoms with Gasteiger partial charge in [0.25, 0.3) is 6.43 Å². The minimum absolute atomic E-state index is 0.265. The van der Waals surface area contributed by atoms with Crippen molar-refractivity contribution in [1.82, 2.24) is 10.2 Å². The van der Waals surface area contributed by atoms with Crippen LogP contribution in [-0.4, -0.2) is 29.3 Å². The molecule has 2 aliphatic rings. The van der Waals surface area contributed by atoms with Gasteiger partial charge in [-0.25, -0.2) is 17.6 Å². The molecular weight excluding hydrogens is 276 g/mol. The second-order valence-corrected chi connectivity index (χ2v) is 5.15. The molecule has 1 spiro atoms. The van der Waals surface area contributed by atoms with E-state index in [4.69, 9.17) is 0 Å². The van der Waals surface area contributed by atoms with Gasteiger partial charge in [0.15, 0.2) is 11.6 Å². The van der Waals surface area contributed by atoms with Crippen LogP contribution in [0.25, 0.3) is 0 Å². The van der Waals surface area contributed by atoms with Gasteiger partial charge in [-0.1, -0.05) is 6.07 Å². The zero-order valence-electron chi connectivity index (χ0n) is 10.4. The van der Waals surface area contributed by atoms with E-state index in [1.165, 1.54) is 6.07 Å². The molecular formula is C13H12F4N2O. The second-order valence-electron chi connectivity index (χ2n) is 5.15. The molecule has 1 saturated carbocycles. The number of nitrogens with zero attached hydrogens (tertiary/aromatic N) is 1. The average Bonchev–Trinajstić information content (AvgIpc) is 3.12. The van der Waals surface area contributed by atoms with Crippen molar-refractivity contribution in [3.05, 3.63) is 35.4 Å². The van der Waals surface area contributed by atoms with E-state index < -0.39 is 42.2 Å². The van der Waals surface area contributed by atoms with Crippen molar-refractivity contribution in [1.29, 1.82) is 0 Å². The van der Waals surface area contributed by atoms with Crippen molar-refractivity contribution in [3.8, 4) is 0 Å². The summed E-state index contributed by atoms with van der Waals surface area (Å²) in [5, 5.41) is 2.96. The van der Waals surface area contributed by atoms with Gasteiger partial charge in [0.1, 0.15) is 11.7 Å². The Morgan fingerprint density at radius 3 is 2.55 bits per heavy atom. The molecule has 1 aliphatic carbocycles. The third-order valence-corrected chi connectivity index (χ3v) is 3.74. The summed E-state index contributed by atoms with van der Waals surface area (Å²) in [7, 11) is 0. The first kappa shape index (κ1) is 13.4. The second kappa shape index (κ2) is 4.44. The van der Waals surface area contributed by atoms with E-state index in [-0.39, 0.29) is 5.56 Å². The molecule has 0 radical (unpaired) electrons. The summed E-state index contributed by atoms with van der Waals surface area (Å²) in [4.78, 5) is 13.1. The zero-order chi connectivity index (χ0) is 14.5. The number of carbonyl (C=O) groups excluding carboxylic acids is 1. The fraction of sp³-hybridized carbons (Fsp3) is 0.462. The Balaban J connectivity index is 1.93. The third-order valence-electron chi connectivity index (χ3n) is 3.74. The molecule has 1 aromatic carbocycles. The maximum absolute atomic E-state index is 13.3. The molecule has 3 rings (SSSR count). The smallest absolute Gasteiger partial charge is 0.255 e. The lowest BCUT2D eigenvalue weighted by Gasteiger charge is -2.24. The van der Waals surface area contributed by atoms with Crippen LogP contribution in [0.1, 0.15) is 24.6 Å². The zero-order valence-corrected chi connectivity index (χ0v) is 10.4. The Morgan fingerprint density at radius 1 is 1.30 bits per heavy atom. The summed E-state index contributed by atoms with van der Waals surface area (Å²) < 4.78 is 51.4. The maximum Gasteiger partial charge on any atom is 0.255 e. The molecule has 2 fully saturated rings. The molecule has 1 saturated heterocycles. The predicted octanol–water partition coefficient (Wildman–Crippen LogP) is 2.19. The molecule has 3 nitrogen and oxygen atoms in total. The molecule has 1 atom stereocenters. The number of carbonyl (C=O) groups is 1. The fourth-order valence-corrected chi connectivity index (χ4v) is 2.56. The van der Waals surface area contributed by atoms with Crippen LogP contribution in [0.5, 0.6) is 0 Å². The summed E-state index contributed by atoms with van der Waals surface area (Å²) in [6, 6.07) is 3.15. The normalized spacial score (nSPS) is 23.9. The number of rotatable bonds is 3. The van der Waals surface area contributed by atoms with Crippen molar-refractivity contribution >= 4 is 5.91 Å². The molecule has 1 aliphatic heterocycles. The number of hydrogen-bond donors (Lipinski definition) is 1. The molecule has 20 heavy (non-hydrogen) atoms. The van der Waals surface area contributed by atoms with Crippen LogP contribution in [0.4, 0.5) is 17.6 Å². The van der Waals surface area contributed by atoms with Gasteiger partial charge >= 0.3 is 0 Å². The minimum Gasteiger partial charge on any atom is -0.316 e. The highest BCUT2D eigenvalue weighted by Crippen LogP contribution is 2.46. The van der Waals surface area contributed by atoms with Crippen molar-refractivity contribution in [3.63, 3.8) is 0 Å². The molecule has 1 aromatic rings. The standard InChI is InChI=1S/C13H12F4N2O/c14-8-2-1-7(5-9(8)15)11-18-13(3-4-13)12(20)19(11)6-10(16)17/h1-2,5,10-11,18H,3-4,6H2. The van der Waals surface area contributed by atoms with E-state index in [2.05, 4.69) is 5.32 Å². The molecule has 1 N–H and O–H groups in total. The summed E-state index contributed by atoms with van der Waals surface area (Å²) in [6.07, 6.45) is -2.37. The number of benzene rings is 1. The van der Waals surface area contributed by atoms with Crippen LogP contribution >= 0.6 is 0 Å². The first-order valence-corrected chi connectivity index (χ1v) is 6.25. The number of alkyl halides is 2. The number of hydrogen-bond acceptors (Lipinski definition) is 2. The molecule has 0 bridgehead atoms. The predicted molar refractivity (Wildman–Crippen MR) is 61.9 cm³/mol. The van der Waals surface area contributed by atoms with Crippen LogP contribution in [0.15, 0.2) is 18.2 Å². The van der Waals surface area contributed by atoms with E-state index >= 15 is 0 Å². The Bertz CT molecular complexity index is 559.